The zero-order chi connectivity index (χ0) is 18.4. The molecule has 2 aromatic rings. The first-order valence-corrected chi connectivity index (χ1v) is 9.54. The summed E-state index contributed by atoms with van der Waals surface area (Å²) in [7, 11) is 0. The van der Waals surface area contributed by atoms with E-state index in [4.69, 9.17) is 5.73 Å². The van der Waals surface area contributed by atoms with Gasteiger partial charge in [-0.25, -0.2) is 0 Å². The van der Waals surface area contributed by atoms with E-state index in [-0.39, 0.29) is 30.7 Å². The molecule has 1 atom stereocenters. The van der Waals surface area contributed by atoms with Gasteiger partial charge in [-0.1, -0.05) is 42.8 Å². The third-order valence-electron chi connectivity index (χ3n) is 5.25. The number of halogens is 2. The van der Waals surface area contributed by atoms with Crippen LogP contribution in [0.2, 0.25) is 0 Å². The average Bonchev–Trinajstić information content (AvgIpc) is 2.65. The van der Waals surface area contributed by atoms with Crippen LogP contribution < -0.4 is 11.1 Å². The summed E-state index contributed by atoms with van der Waals surface area (Å²) in [4.78, 5) is 14.8. The van der Waals surface area contributed by atoms with Gasteiger partial charge in [-0.15, -0.1) is 24.8 Å². The van der Waals surface area contributed by atoms with Gasteiger partial charge >= 0.3 is 0 Å². The second-order valence-electron chi connectivity index (χ2n) is 7.28. The van der Waals surface area contributed by atoms with Gasteiger partial charge in [0.25, 0.3) is 0 Å². The molecule has 1 amide bonds. The van der Waals surface area contributed by atoms with Crippen molar-refractivity contribution in [1.82, 2.24) is 10.2 Å². The lowest BCUT2D eigenvalue weighted by atomic mass is 10.0. The number of amides is 1. The molecule has 3 N–H and O–H groups in total. The van der Waals surface area contributed by atoms with Crippen molar-refractivity contribution < 1.29 is 4.79 Å². The number of carbonyl (C=O) groups is 1. The molecule has 154 valence electrons. The van der Waals surface area contributed by atoms with E-state index < -0.39 is 0 Å². The van der Waals surface area contributed by atoms with E-state index in [1.807, 2.05) is 30.3 Å². The number of nitrogens with two attached hydrogens (primary N) is 1. The molecule has 4 nitrogen and oxygen atoms in total. The van der Waals surface area contributed by atoms with Crippen molar-refractivity contribution in [3.63, 3.8) is 0 Å². The zero-order valence-corrected chi connectivity index (χ0v) is 18.0. The fourth-order valence-electron chi connectivity index (χ4n) is 3.57. The van der Waals surface area contributed by atoms with Gasteiger partial charge in [0.05, 0.1) is 6.42 Å². The van der Waals surface area contributed by atoms with E-state index in [2.05, 4.69) is 35.3 Å². The lowest BCUT2D eigenvalue weighted by Crippen LogP contribution is -2.37. The topological polar surface area (TPSA) is 58.4 Å². The first-order chi connectivity index (χ1) is 12.6. The van der Waals surface area contributed by atoms with E-state index in [1.165, 1.54) is 36.9 Å². The van der Waals surface area contributed by atoms with E-state index in [0.717, 1.165) is 17.8 Å². The smallest absolute Gasteiger partial charge is 0.224 e. The molecule has 6 heteroatoms. The molecule has 1 saturated heterocycles. The van der Waals surface area contributed by atoms with E-state index in [0.29, 0.717) is 19.0 Å². The molecule has 1 fully saturated rings. The first kappa shape index (κ1) is 24.3. The Morgan fingerprint density at radius 2 is 1.75 bits per heavy atom. The van der Waals surface area contributed by atoms with E-state index >= 15 is 0 Å². The van der Waals surface area contributed by atoms with Crippen molar-refractivity contribution in [3.05, 3.63) is 65.2 Å². The lowest BCUT2D eigenvalue weighted by Gasteiger charge is -2.33. The number of rotatable bonds is 6. The summed E-state index contributed by atoms with van der Waals surface area (Å²) in [5.41, 5.74) is 9.91. The highest BCUT2D eigenvalue weighted by atomic mass is 35.5. The summed E-state index contributed by atoms with van der Waals surface area (Å²) in [5, 5.41) is 3.06. The van der Waals surface area contributed by atoms with Gasteiger partial charge in [0.2, 0.25) is 5.91 Å². The number of nitrogens with one attached hydrogen (secondary N) is 1. The van der Waals surface area contributed by atoms with Gasteiger partial charge in [-0.05, 0) is 55.1 Å². The molecule has 0 spiro atoms. The minimum Gasteiger partial charge on any atom is -0.399 e. The summed E-state index contributed by atoms with van der Waals surface area (Å²) >= 11 is 0. The largest absolute Gasteiger partial charge is 0.399 e. The van der Waals surface area contributed by atoms with Crippen molar-refractivity contribution >= 4 is 36.4 Å². The number of hydrogen-bond acceptors (Lipinski definition) is 3. The maximum atomic E-state index is 12.3. The molecule has 1 heterocycles. The third kappa shape index (κ3) is 7.01. The summed E-state index contributed by atoms with van der Waals surface area (Å²) in [6, 6.07) is 16.5. The second-order valence-corrected chi connectivity index (χ2v) is 7.28. The Bertz CT molecular complexity index is 737. The van der Waals surface area contributed by atoms with Gasteiger partial charge in [0.1, 0.15) is 0 Å². The molecular formula is C22H31Cl2N3O. The molecule has 0 saturated carbocycles. The minimum absolute atomic E-state index is 0. The number of piperidine rings is 1. The van der Waals surface area contributed by atoms with Crippen LogP contribution in [0.25, 0.3) is 0 Å². The van der Waals surface area contributed by atoms with Crippen molar-refractivity contribution in [1.29, 1.82) is 0 Å². The third-order valence-corrected chi connectivity index (χ3v) is 5.25. The van der Waals surface area contributed by atoms with Gasteiger partial charge in [0, 0.05) is 24.8 Å². The van der Waals surface area contributed by atoms with E-state index in [1.54, 1.807) is 0 Å². The van der Waals surface area contributed by atoms with Crippen molar-refractivity contribution in [2.24, 2.45) is 0 Å². The number of likely N-dealkylation sites (tertiary alicyclic amines) is 1. The number of anilines is 1. The predicted octanol–water partition coefficient (Wildman–Crippen LogP) is 4.35. The summed E-state index contributed by atoms with van der Waals surface area (Å²) < 4.78 is 0. The number of carbonyl (C=O) groups excluding carboxylic acids is 1. The summed E-state index contributed by atoms with van der Waals surface area (Å²) in [6.07, 6.45) is 4.28. The molecular weight excluding hydrogens is 393 g/mol. The highest BCUT2D eigenvalue weighted by molar-refractivity contribution is 5.85. The Hall–Kier alpha value is -1.75. The minimum atomic E-state index is 0. The van der Waals surface area contributed by atoms with Crippen LogP contribution in [-0.4, -0.2) is 23.4 Å². The van der Waals surface area contributed by atoms with Crippen LogP contribution in [0, 0.1) is 0 Å². The number of nitrogen functional groups attached to an aromatic ring is 1. The maximum Gasteiger partial charge on any atom is 0.224 e. The van der Waals surface area contributed by atoms with Crippen LogP contribution in [0.1, 0.15) is 42.9 Å². The van der Waals surface area contributed by atoms with Crippen LogP contribution in [0.5, 0.6) is 0 Å². The SMILES string of the molecule is CC1CCCCN1Cc1ccccc1CNC(=O)Cc1ccc(N)cc1.Cl.Cl. The van der Waals surface area contributed by atoms with Crippen molar-refractivity contribution in [3.8, 4) is 0 Å². The summed E-state index contributed by atoms with van der Waals surface area (Å²) in [5.74, 6) is 0.0379. The number of benzene rings is 2. The highest BCUT2D eigenvalue weighted by Crippen LogP contribution is 2.20. The Labute approximate surface area is 180 Å². The fraction of sp³-hybridized carbons (Fsp3) is 0.409. The molecule has 28 heavy (non-hydrogen) atoms. The number of nitrogens with zero attached hydrogens (tertiary/aromatic N) is 1. The molecule has 1 unspecified atom stereocenters. The van der Waals surface area contributed by atoms with Crippen LogP contribution in [0.4, 0.5) is 5.69 Å². The average molecular weight is 424 g/mol. The first-order valence-electron chi connectivity index (χ1n) is 9.54. The quantitative estimate of drug-likeness (QED) is 0.678. The predicted molar refractivity (Wildman–Crippen MR) is 121 cm³/mol. The second kappa shape index (κ2) is 11.9. The molecule has 0 aliphatic carbocycles. The Morgan fingerprint density at radius 1 is 1.07 bits per heavy atom. The Balaban J connectivity index is 0.00000196. The van der Waals surface area contributed by atoms with Crippen molar-refractivity contribution in [2.75, 3.05) is 12.3 Å². The zero-order valence-electron chi connectivity index (χ0n) is 16.4. The van der Waals surface area contributed by atoms with E-state index in [9.17, 15) is 4.79 Å². The van der Waals surface area contributed by atoms with Crippen LogP contribution in [-0.2, 0) is 24.3 Å². The van der Waals surface area contributed by atoms with Crippen molar-refractivity contribution in [2.45, 2.75) is 51.7 Å². The molecule has 2 aromatic carbocycles. The van der Waals surface area contributed by atoms with Crippen LogP contribution in [0.15, 0.2) is 48.5 Å². The lowest BCUT2D eigenvalue weighted by molar-refractivity contribution is -0.120. The fourth-order valence-corrected chi connectivity index (χ4v) is 3.57. The molecule has 1 aliphatic heterocycles. The maximum absolute atomic E-state index is 12.3. The highest BCUT2D eigenvalue weighted by Gasteiger charge is 2.19. The van der Waals surface area contributed by atoms with Crippen LogP contribution >= 0.6 is 24.8 Å². The monoisotopic (exact) mass is 423 g/mol. The normalized spacial score (nSPS) is 16.5. The van der Waals surface area contributed by atoms with Gasteiger partial charge < -0.3 is 11.1 Å². The van der Waals surface area contributed by atoms with Gasteiger partial charge in [-0.2, -0.15) is 0 Å². The molecule has 3 rings (SSSR count). The van der Waals surface area contributed by atoms with Crippen LogP contribution in [0.3, 0.4) is 0 Å². The molecule has 1 aliphatic rings. The summed E-state index contributed by atoms with van der Waals surface area (Å²) in [6.45, 7) is 5.02. The molecule has 0 radical (unpaired) electrons. The Morgan fingerprint density at radius 3 is 2.43 bits per heavy atom. The molecule has 0 aromatic heterocycles. The van der Waals surface area contributed by atoms with Gasteiger partial charge in [-0.3, -0.25) is 9.69 Å². The van der Waals surface area contributed by atoms with Gasteiger partial charge in [0.15, 0.2) is 0 Å². The standard InChI is InChI=1S/C22H29N3O.2ClH/c1-17-6-4-5-13-25(17)16-20-8-3-2-7-19(20)15-24-22(26)14-18-9-11-21(23)12-10-18;;/h2-3,7-12,17H,4-6,13-16,23H2,1H3,(H,24,26);2*1H. The Kier molecular flexibility index (Phi) is 10.4. The molecule has 0 bridgehead atoms. The number of hydrogen-bond donors (Lipinski definition) is 2.